The average molecular weight is 661 g/mol. The molecular weight excluding hydrogens is 608 g/mol. The van der Waals surface area contributed by atoms with Crippen molar-refractivity contribution in [1.82, 2.24) is 0 Å². The summed E-state index contributed by atoms with van der Waals surface area (Å²) < 4.78 is 19.5. The zero-order chi connectivity index (χ0) is 35.2. The number of carbonyl (C=O) groups is 4. The smallest absolute Gasteiger partial charge is 0.328 e. The van der Waals surface area contributed by atoms with Crippen LogP contribution in [0.5, 0.6) is 0 Å². The van der Waals surface area contributed by atoms with Gasteiger partial charge in [0.15, 0.2) is 5.79 Å². The Morgan fingerprint density at radius 3 is 2.30 bits per heavy atom. The number of carboxylic acid groups (broad SMARTS) is 3. The molecule has 262 valence electrons. The van der Waals surface area contributed by atoms with Gasteiger partial charge in [-0.05, 0) is 57.4 Å². The number of aliphatic hydroxyl groups is 1. The predicted molar refractivity (Wildman–Crippen MR) is 175 cm³/mol. The molecule has 2 aliphatic rings. The molecule has 0 aliphatic carbocycles. The highest BCUT2D eigenvalue weighted by Crippen LogP contribution is 2.48. The van der Waals surface area contributed by atoms with Gasteiger partial charge in [0.25, 0.3) is 0 Å². The summed E-state index contributed by atoms with van der Waals surface area (Å²) in [5.74, 6) is -4.98. The van der Waals surface area contributed by atoms with Crippen molar-refractivity contribution in [3.05, 3.63) is 59.8 Å². The van der Waals surface area contributed by atoms with Crippen LogP contribution in [-0.2, 0) is 33.4 Å². The molecular formula is C36H52O11. The number of aliphatic carboxylic acids is 3. The van der Waals surface area contributed by atoms with E-state index >= 15 is 0 Å². The summed E-state index contributed by atoms with van der Waals surface area (Å²) in [7, 11) is 0. The van der Waals surface area contributed by atoms with Gasteiger partial charge in [-0.25, -0.2) is 9.59 Å². The molecule has 47 heavy (non-hydrogen) atoms. The van der Waals surface area contributed by atoms with Crippen molar-refractivity contribution in [2.45, 2.75) is 129 Å². The van der Waals surface area contributed by atoms with Crippen LogP contribution in [0.1, 0.15) is 98.8 Å². The largest absolute Gasteiger partial charge is 0.481 e. The number of carboxylic acids is 3. The first-order valence-corrected chi connectivity index (χ1v) is 16.4. The number of hydrogen-bond donors (Lipinski definition) is 4. The van der Waals surface area contributed by atoms with Crippen molar-refractivity contribution < 1.29 is 53.8 Å². The average Bonchev–Trinajstić information content (AvgIpc) is 3.01. The molecule has 2 heterocycles. The van der Waals surface area contributed by atoms with Crippen molar-refractivity contribution in [2.75, 3.05) is 0 Å². The van der Waals surface area contributed by atoms with Crippen LogP contribution in [-0.4, -0.2) is 74.0 Å². The number of rotatable bonds is 17. The summed E-state index contributed by atoms with van der Waals surface area (Å²) in [5, 5.41) is 37.5. The molecule has 0 aromatic heterocycles. The summed E-state index contributed by atoms with van der Waals surface area (Å²) in [6, 6.07) is 0. The molecule has 11 heteroatoms. The molecule has 2 fully saturated rings. The van der Waals surface area contributed by atoms with Crippen molar-refractivity contribution in [3.8, 4) is 0 Å². The Morgan fingerprint density at radius 2 is 1.66 bits per heavy atom. The fraction of sp³-hybridized carbons (Fsp3) is 0.611. The van der Waals surface area contributed by atoms with Crippen LogP contribution in [0.4, 0.5) is 0 Å². The lowest BCUT2D eigenvalue weighted by Crippen LogP contribution is -2.59. The second-order valence-corrected chi connectivity index (χ2v) is 12.8. The third kappa shape index (κ3) is 13.2. The Kier molecular flexibility index (Phi) is 15.8. The van der Waals surface area contributed by atoms with Gasteiger partial charge >= 0.3 is 23.9 Å². The minimum Gasteiger partial charge on any atom is -0.481 e. The van der Waals surface area contributed by atoms with Crippen LogP contribution in [0.15, 0.2) is 59.8 Å². The first kappa shape index (κ1) is 39.6. The Hall–Kier alpha value is -3.54. The van der Waals surface area contributed by atoms with E-state index in [4.69, 9.17) is 24.4 Å². The number of ether oxygens (including phenoxy) is 3. The van der Waals surface area contributed by atoms with Gasteiger partial charge in [-0.1, -0.05) is 69.2 Å². The topological polar surface area (TPSA) is 177 Å². The molecule has 2 aliphatic heterocycles. The van der Waals surface area contributed by atoms with E-state index in [9.17, 15) is 29.4 Å². The molecule has 0 aromatic carbocycles. The van der Waals surface area contributed by atoms with E-state index in [-0.39, 0.29) is 30.8 Å². The van der Waals surface area contributed by atoms with Crippen LogP contribution in [0, 0.1) is 11.8 Å². The molecule has 0 radical (unpaired) electrons. The second kappa shape index (κ2) is 18.7. The molecule has 1 spiro atoms. The van der Waals surface area contributed by atoms with Crippen molar-refractivity contribution in [1.29, 1.82) is 0 Å². The Labute approximate surface area is 277 Å². The van der Waals surface area contributed by atoms with Gasteiger partial charge in [-0.3, -0.25) is 9.59 Å². The highest BCUT2D eigenvalue weighted by Gasteiger charge is 2.54. The highest BCUT2D eigenvalue weighted by molar-refractivity contribution is 5.81. The van der Waals surface area contributed by atoms with E-state index < -0.39 is 47.5 Å². The maximum Gasteiger partial charge on any atom is 0.328 e. The Bertz CT molecular complexity index is 1250. The van der Waals surface area contributed by atoms with Crippen molar-refractivity contribution in [3.63, 3.8) is 0 Å². The normalized spacial score (nSPS) is 28.6. The van der Waals surface area contributed by atoms with Crippen LogP contribution in [0.3, 0.4) is 0 Å². The number of unbranched alkanes of at least 4 members (excludes halogenated alkanes) is 1. The number of esters is 1. The third-order valence-corrected chi connectivity index (χ3v) is 8.78. The highest BCUT2D eigenvalue weighted by atomic mass is 16.7. The lowest BCUT2D eigenvalue weighted by molar-refractivity contribution is -0.344. The van der Waals surface area contributed by atoms with Crippen LogP contribution in [0.2, 0.25) is 0 Å². The first-order valence-electron chi connectivity index (χ1n) is 16.4. The molecule has 0 aromatic rings. The fourth-order valence-electron chi connectivity index (χ4n) is 5.81. The van der Waals surface area contributed by atoms with Crippen molar-refractivity contribution >= 4 is 23.9 Å². The Balaban J connectivity index is 2.31. The lowest BCUT2D eigenvalue weighted by atomic mass is 9.78. The minimum absolute atomic E-state index is 0.186. The minimum atomic E-state index is -1.09. The number of carbonyl (C=O) groups excluding carboxylic acids is 1. The van der Waals surface area contributed by atoms with Gasteiger partial charge in [0.1, 0.15) is 11.7 Å². The summed E-state index contributed by atoms with van der Waals surface area (Å²) in [6.45, 7) is 9.44. The first-order chi connectivity index (χ1) is 22.1. The number of hydrogen-bond acceptors (Lipinski definition) is 8. The van der Waals surface area contributed by atoms with Crippen LogP contribution >= 0.6 is 0 Å². The maximum atomic E-state index is 12.9. The van der Waals surface area contributed by atoms with E-state index in [2.05, 4.69) is 6.92 Å². The summed E-state index contributed by atoms with van der Waals surface area (Å²) >= 11 is 0. The van der Waals surface area contributed by atoms with Gasteiger partial charge in [0.2, 0.25) is 0 Å². The van der Waals surface area contributed by atoms with Gasteiger partial charge in [0.05, 0.1) is 25.0 Å². The van der Waals surface area contributed by atoms with Crippen LogP contribution in [0.25, 0.3) is 0 Å². The van der Waals surface area contributed by atoms with E-state index in [0.717, 1.165) is 37.0 Å². The molecule has 0 unspecified atom stereocenters. The zero-order valence-corrected chi connectivity index (χ0v) is 28.2. The molecule has 2 saturated heterocycles. The summed E-state index contributed by atoms with van der Waals surface area (Å²) in [4.78, 5) is 46.0. The van der Waals surface area contributed by atoms with Gasteiger partial charge in [-0.15, -0.1) is 0 Å². The zero-order valence-electron chi connectivity index (χ0n) is 28.2. The van der Waals surface area contributed by atoms with E-state index in [1.807, 2.05) is 19.9 Å². The quantitative estimate of drug-likeness (QED) is 0.0802. The SMILES string of the molecule is CCCC[C@@]1(OC(=O)CCC(=O)O)CC[C@]2(CC[C@H](C)[C@@H](C/C=C(C)/C=C/[C@H](O)[C@@H](C)/C=C/C(=O)O)O2)O[C@H]1/C=C/C(C)=C\C(=O)O. The van der Waals surface area contributed by atoms with Gasteiger partial charge < -0.3 is 34.6 Å². The molecule has 7 atom stereocenters. The predicted octanol–water partition coefficient (Wildman–Crippen LogP) is 6.13. The summed E-state index contributed by atoms with van der Waals surface area (Å²) in [6.07, 6.45) is 14.9. The van der Waals surface area contributed by atoms with E-state index in [1.54, 1.807) is 38.2 Å². The molecule has 0 bridgehead atoms. The monoisotopic (exact) mass is 660 g/mol. The molecule has 0 amide bonds. The third-order valence-electron chi connectivity index (χ3n) is 8.78. The lowest BCUT2D eigenvalue weighted by Gasteiger charge is -2.53. The standard InChI is InChI=1S/C36H52O11/c1-6-7-19-35(47-34(44)17-16-32(40)41)21-22-36(46-30(35)14-10-25(3)23-33(42)43)20-18-27(5)29(45-36)13-9-24(2)8-12-28(37)26(4)11-15-31(38)39/h8-12,14-15,23,26-30,37H,6-7,13,16-22H2,1-5H3,(H,38,39)(H,40,41)(H,42,43)/b12-8+,14-10+,15-11+,24-9+,25-23-/t26-,27-,28-,29+,30-,35+,36-/m0/s1. The van der Waals surface area contributed by atoms with Gasteiger partial charge in [-0.2, -0.15) is 0 Å². The number of allylic oxidation sites excluding steroid dienone is 4. The molecule has 11 nitrogen and oxygen atoms in total. The second-order valence-electron chi connectivity index (χ2n) is 12.8. The maximum absolute atomic E-state index is 12.9. The summed E-state index contributed by atoms with van der Waals surface area (Å²) in [5.41, 5.74) is 0.314. The van der Waals surface area contributed by atoms with Gasteiger partial charge in [0, 0.05) is 30.9 Å². The molecule has 4 N–H and O–H groups in total. The van der Waals surface area contributed by atoms with Crippen molar-refractivity contribution in [2.24, 2.45) is 11.8 Å². The fourth-order valence-corrected chi connectivity index (χ4v) is 5.81. The van der Waals surface area contributed by atoms with E-state index in [1.165, 1.54) is 6.08 Å². The van der Waals surface area contributed by atoms with E-state index in [0.29, 0.717) is 37.7 Å². The van der Waals surface area contributed by atoms with Crippen LogP contribution < -0.4 is 0 Å². The molecule has 2 rings (SSSR count). The molecule has 0 saturated carbocycles. The number of aliphatic hydroxyl groups excluding tert-OH is 1. The Morgan fingerprint density at radius 1 is 0.936 bits per heavy atom.